The molecule has 3 nitrogen and oxygen atoms in total. The van der Waals surface area contributed by atoms with Gasteiger partial charge in [-0.1, -0.05) is 27.2 Å². The van der Waals surface area contributed by atoms with Gasteiger partial charge in [0.05, 0.1) is 12.1 Å². The molecule has 1 amide bonds. The van der Waals surface area contributed by atoms with Crippen LogP contribution in [0.1, 0.15) is 40.0 Å². The van der Waals surface area contributed by atoms with Gasteiger partial charge < -0.3 is 10.4 Å². The van der Waals surface area contributed by atoms with Crippen LogP contribution in [0.2, 0.25) is 0 Å². The van der Waals surface area contributed by atoms with Gasteiger partial charge in [-0.2, -0.15) is 0 Å². The second-order valence-electron chi connectivity index (χ2n) is 6.00. The van der Waals surface area contributed by atoms with Crippen LogP contribution in [0.4, 0.5) is 0 Å². The Hall–Kier alpha value is -0.570. The fourth-order valence-electron chi connectivity index (χ4n) is 2.82. The summed E-state index contributed by atoms with van der Waals surface area (Å²) < 4.78 is 0. The maximum Gasteiger partial charge on any atom is 0.225 e. The van der Waals surface area contributed by atoms with Gasteiger partial charge in [0.25, 0.3) is 0 Å². The lowest BCUT2D eigenvalue weighted by Gasteiger charge is -2.46. The predicted octanol–water partition coefficient (Wildman–Crippen LogP) is 1.31. The molecule has 0 aromatic rings. The van der Waals surface area contributed by atoms with Gasteiger partial charge in [-0.3, -0.25) is 4.79 Å². The normalized spacial score (nSPS) is 39.5. The molecule has 0 radical (unpaired) electrons. The topological polar surface area (TPSA) is 49.3 Å². The highest BCUT2D eigenvalue weighted by atomic mass is 16.3. The molecule has 4 atom stereocenters. The summed E-state index contributed by atoms with van der Waals surface area (Å²) in [6, 6.07) is 0.0178. The number of fused-ring (bicyclic) bond motifs is 1. The molecule has 0 saturated heterocycles. The van der Waals surface area contributed by atoms with Crippen molar-refractivity contribution in [1.82, 2.24) is 5.32 Å². The molecule has 0 spiro atoms. The van der Waals surface area contributed by atoms with E-state index in [0.29, 0.717) is 11.8 Å². The molecule has 2 fully saturated rings. The van der Waals surface area contributed by atoms with Crippen molar-refractivity contribution in [2.45, 2.75) is 52.2 Å². The lowest BCUT2D eigenvalue weighted by molar-refractivity contribution is -0.135. The third kappa shape index (κ3) is 1.78. The van der Waals surface area contributed by atoms with Crippen LogP contribution >= 0.6 is 0 Å². The second kappa shape index (κ2) is 3.48. The number of amides is 1. The standard InChI is InChI=1S/C12H21NO2/c1-12(2,3)11(15)13-9-7-5-4-6-8(7)10(9)14/h7-10,14H,4-6H2,1-3H3,(H,13,15). The van der Waals surface area contributed by atoms with Crippen LogP contribution < -0.4 is 5.32 Å². The number of carbonyl (C=O) groups excluding carboxylic acids is 1. The van der Waals surface area contributed by atoms with Crippen LogP contribution in [0.25, 0.3) is 0 Å². The predicted molar refractivity (Wildman–Crippen MR) is 58.2 cm³/mol. The van der Waals surface area contributed by atoms with Crippen molar-refractivity contribution in [3.63, 3.8) is 0 Å². The SMILES string of the molecule is CC(C)(C)C(=O)NC1C(O)C2CCCC21. The Bertz CT molecular complexity index is 269. The molecular formula is C12H21NO2. The molecule has 4 unspecified atom stereocenters. The van der Waals surface area contributed by atoms with E-state index in [0.717, 1.165) is 12.8 Å². The fraction of sp³-hybridized carbons (Fsp3) is 0.917. The lowest BCUT2D eigenvalue weighted by atomic mass is 9.68. The van der Waals surface area contributed by atoms with Crippen molar-refractivity contribution in [3.05, 3.63) is 0 Å². The largest absolute Gasteiger partial charge is 0.391 e. The molecule has 2 aliphatic carbocycles. The fourth-order valence-corrected chi connectivity index (χ4v) is 2.82. The summed E-state index contributed by atoms with van der Waals surface area (Å²) >= 11 is 0. The summed E-state index contributed by atoms with van der Waals surface area (Å²) in [5.41, 5.74) is -0.358. The Kier molecular flexibility index (Phi) is 2.53. The highest BCUT2D eigenvalue weighted by Crippen LogP contribution is 2.47. The van der Waals surface area contributed by atoms with Crippen LogP contribution in [0.5, 0.6) is 0 Å². The molecule has 0 aromatic heterocycles. The Morgan fingerprint density at radius 2 is 1.87 bits per heavy atom. The van der Waals surface area contributed by atoms with Gasteiger partial charge in [0.2, 0.25) is 5.91 Å². The molecule has 0 bridgehead atoms. The minimum atomic E-state index is -0.358. The van der Waals surface area contributed by atoms with E-state index in [9.17, 15) is 9.90 Å². The first-order valence-electron chi connectivity index (χ1n) is 5.90. The summed E-state index contributed by atoms with van der Waals surface area (Å²) in [6.45, 7) is 5.71. The van der Waals surface area contributed by atoms with Gasteiger partial charge in [-0.05, 0) is 24.7 Å². The molecule has 2 aliphatic rings. The van der Waals surface area contributed by atoms with Crippen molar-refractivity contribution >= 4 is 5.91 Å². The Labute approximate surface area is 91.2 Å². The monoisotopic (exact) mass is 211 g/mol. The van der Waals surface area contributed by atoms with E-state index >= 15 is 0 Å². The molecule has 0 heterocycles. The first kappa shape index (κ1) is 10.9. The molecule has 3 heteroatoms. The van der Waals surface area contributed by atoms with E-state index in [-0.39, 0.29) is 23.5 Å². The van der Waals surface area contributed by atoms with Gasteiger partial charge in [0.1, 0.15) is 0 Å². The average molecular weight is 211 g/mol. The second-order valence-corrected chi connectivity index (χ2v) is 6.00. The van der Waals surface area contributed by atoms with E-state index in [1.165, 1.54) is 6.42 Å². The average Bonchev–Trinajstić information content (AvgIpc) is 2.56. The zero-order valence-electron chi connectivity index (χ0n) is 9.79. The summed E-state index contributed by atoms with van der Waals surface area (Å²) in [6.07, 6.45) is 3.20. The minimum absolute atomic E-state index is 0.0178. The van der Waals surface area contributed by atoms with Crippen molar-refractivity contribution in [2.24, 2.45) is 17.3 Å². The number of rotatable bonds is 1. The summed E-state index contributed by atoms with van der Waals surface area (Å²) in [4.78, 5) is 11.8. The molecule has 15 heavy (non-hydrogen) atoms. The zero-order chi connectivity index (χ0) is 11.2. The minimum Gasteiger partial charge on any atom is -0.391 e. The van der Waals surface area contributed by atoms with Crippen LogP contribution in [-0.2, 0) is 4.79 Å². The van der Waals surface area contributed by atoms with Gasteiger partial charge in [0, 0.05) is 5.41 Å². The summed E-state index contributed by atoms with van der Waals surface area (Å²) in [7, 11) is 0. The number of nitrogens with one attached hydrogen (secondary N) is 1. The lowest BCUT2D eigenvalue weighted by Crippen LogP contribution is -2.62. The van der Waals surface area contributed by atoms with Crippen molar-refractivity contribution in [3.8, 4) is 0 Å². The molecule has 2 N–H and O–H groups in total. The van der Waals surface area contributed by atoms with Gasteiger partial charge >= 0.3 is 0 Å². The molecular weight excluding hydrogens is 190 g/mol. The molecule has 2 saturated carbocycles. The van der Waals surface area contributed by atoms with E-state index in [1.54, 1.807) is 0 Å². The van der Waals surface area contributed by atoms with Crippen molar-refractivity contribution < 1.29 is 9.90 Å². The number of carbonyl (C=O) groups is 1. The molecule has 86 valence electrons. The first-order chi connectivity index (χ1) is 6.91. The smallest absolute Gasteiger partial charge is 0.225 e. The van der Waals surface area contributed by atoms with Gasteiger partial charge in [0.15, 0.2) is 0 Å². The van der Waals surface area contributed by atoms with Gasteiger partial charge in [-0.25, -0.2) is 0 Å². The van der Waals surface area contributed by atoms with E-state index < -0.39 is 0 Å². The third-order valence-corrected chi connectivity index (χ3v) is 3.87. The quantitative estimate of drug-likeness (QED) is 0.687. The van der Waals surface area contributed by atoms with Gasteiger partial charge in [-0.15, -0.1) is 0 Å². The van der Waals surface area contributed by atoms with E-state index in [4.69, 9.17) is 0 Å². The number of hydrogen-bond acceptors (Lipinski definition) is 2. The van der Waals surface area contributed by atoms with E-state index in [1.807, 2.05) is 20.8 Å². The molecule has 0 aromatic carbocycles. The Morgan fingerprint density at radius 3 is 2.47 bits per heavy atom. The molecule has 0 aliphatic heterocycles. The van der Waals surface area contributed by atoms with Crippen LogP contribution in [0.15, 0.2) is 0 Å². The van der Waals surface area contributed by atoms with Crippen LogP contribution in [0, 0.1) is 17.3 Å². The number of aliphatic hydroxyl groups excluding tert-OH is 1. The highest BCUT2D eigenvalue weighted by molar-refractivity contribution is 5.81. The number of aliphatic hydroxyl groups is 1. The first-order valence-corrected chi connectivity index (χ1v) is 5.90. The maximum atomic E-state index is 11.8. The highest BCUT2D eigenvalue weighted by Gasteiger charge is 2.52. The van der Waals surface area contributed by atoms with Crippen LogP contribution in [-0.4, -0.2) is 23.2 Å². The zero-order valence-corrected chi connectivity index (χ0v) is 9.79. The third-order valence-electron chi connectivity index (χ3n) is 3.87. The summed E-state index contributed by atoms with van der Waals surface area (Å²) in [5.74, 6) is 1.04. The number of hydrogen-bond donors (Lipinski definition) is 2. The Balaban J connectivity index is 1.94. The van der Waals surface area contributed by atoms with Crippen molar-refractivity contribution in [2.75, 3.05) is 0 Å². The van der Waals surface area contributed by atoms with E-state index in [2.05, 4.69) is 5.32 Å². The van der Waals surface area contributed by atoms with Crippen molar-refractivity contribution in [1.29, 1.82) is 0 Å². The summed E-state index contributed by atoms with van der Waals surface area (Å²) in [5, 5.41) is 12.9. The maximum absolute atomic E-state index is 11.8. The molecule has 2 rings (SSSR count). The van der Waals surface area contributed by atoms with Crippen LogP contribution in [0.3, 0.4) is 0 Å². The Morgan fingerprint density at radius 1 is 1.27 bits per heavy atom.